The Morgan fingerprint density at radius 2 is 2.15 bits per heavy atom. The molecular formula is C8H8BrF2NO. The van der Waals surface area contributed by atoms with Crippen molar-refractivity contribution in [2.24, 2.45) is 0 Å². The highest BCUT2D eigenvalue weighted by atomic mass is 79.9. The van der Waals surface area contributed by atoms with Gasteiger partial charge in [-0.1, -0.05) is 0 Å². The van der Waals surface area contributed by atoms with E-state index in [-0.39, 0.29) is 5.69 Å². The molecule has 0 fully saturated rings. The van der Waals surface area contributed by atoms with Crippen LogP contribution in [0.5, 0.6) is 5.75 Å². The van der Waals surface area contributed by atoms with Gasteiger partial charge in [-0.25, -0.2) is 8.78 Å². The lowest BCUT2D eigenvalue weighted by Crippen LogP contribution is -1.98. The molecule has 0 N–H and O–H groups in total. The maximum absolute atomic E-state index is 12.3. The van der Waals surface area contributed by atoms with Gasteiger partial charge in [-0.3, -0.25) is 4.98 Å². The molecule has 1 heterocycles. The Hall–Kier alpha value is -0.710. The van der Waals surface area contributed by atoms with Gasteiger partial charge in [0.05, 0.1) is 11.6 Å². The van der Waals surface area contributed by atoms with Crippen LogP contribution < -0.4 is 4.74 Å². The van der Waals surface area contributed by atoms with Gasteiger partial charge >= 0.3 is 0 Å². The quantitative estimate of drug-likeness (QED) is 0.806. The Bertz CT molecular complexity index is 317. The SMILES string of the molecule is COc1c(Br)cnc(C(F)F)c1C. The minimum Gasteiger partial charge on any atom is -0.495 e. The van der Waals surface area contributed by atoms with Crippen LogP contribution in [0, 0.1) is 6.92 Å². The summed E-state index contributed by atoms with van der Waals surface area (Å²) in [5.74, 6) is 0.408. The summed E-state index contributed by atoms with van der Waals surface area (Å²) in [6.07, 6.45) is -1.25. The summed E-state index contributed by atoms with van der Waals surface area (Å²) in [6, 6.07) is 0. The summed E-state index contributed by atoms with van der Waals surface area (Å²) >= 11 is 3.16. The average molecular weight is 252 g/mol. The summed E-state index contributed by atoms with van der Waals surface area (Å²) in [7, 11) is 1.43. The van der Waals surface area contributed by atoms with Crippen molar-refractivity contribution in [3.63, 3.8) is 0 Å². The van der Waals surface area contributed by atoms with E-state index < -0.39 is 6.43 Å². The van der Waals surface area contributed by atoms with Crippen LogP contribution in [0.2, 0.25) is 0 Å². The molecule has 5 heteroatoms. The topological polar surface area (TPSA) is 22.1 Å². The maximum atomic E-state index is 12.3. The van der Waals surface area contributed by atoms with E-state index in [1.807, 2.05) is 0 Å². The predicted octanol–water partition coefficient (Wildman–Crippen LogP) is 3.10. The van der Waals surface area contributed by atoms with Crippen LogP contribution in [0.25, 0.3) is 0 Å². The second-order valence-electron chi connectivity index (χ2n) is 2.45. The van der Waals surface area contributed by atoms with Crippen LogP contribution in [-0.4, -0.2) is 12.1 Å². The molecule has 0 aliphatic heterocycles. The van der Waals surface area contributed by atoms with Gasteiger partial charge in [0.2, 0.25) is 0 Å². The fourth-order valence-electron chi connectivity index (χ4n) is 1.05. The highest BCUT2D eigenvalue weighted by Gasteiger charge is 2.17. The first-order chi connectivity index (χ1) is 6.07. The minimum atomic E-state index is -2.57. The van der Waals surface area contributed by atoms with Crippen LogP contribution in [0.15, 0.2) is 10.7 Å². The third-order valence-corrected chi connectivity index (χ3v) is 2.23. The Labute approximate surface area is 83.1 Å². The average Bonchev–Trinajstić information content (AvgIpc) is 2.04. The Morgan fingerprint density at radius 3 is 2.62 bits per heavy atom. The van der Waals surface area contributed by atoms with Crippen molar-refractivity contribution < 1.29 is 13.5 Å². The van der Waals surface area contributed by atoms with Crippen LogP contribution >= 0.6 is 15.9 Å². The molecule has 0 radical (unpaired) electrons. The van der Waals surface area contributed by atoms with Crippen molar-refractivity contribution in [3.8, 4) is 5.75 Å². The molecule has 72 valence electrons. The molecule has 0 aliphatic rings. The monoisotopic (exact) mass is 251 g/mol. The van der Waals surface area contributed by atoms with E-state index in [1.165, 1.54) is 13.3 Å². The van der Waals surface area contributed by atoms with Gasteiger partial charge in [0.15, 0.2) is 0 Å². The molecule has 0 unspecified atom stereocenters. The van der Waals surface area contributed by atoms with Crippen molar-refractivity contribution >= 4 is 15.9 Å². The van der Waals surface area contributed by atoms with Crippen LogP contribution in [0.1, 0.15) is 17.7 Å². The standard InChI is InChI=1S/C8H8BrF2NO/c1-4-6(8(10)11)12-3-5(9)7(4)13-2/h3,8H,1-2H3. The Kier molecular flexibility index (Phi) is 3.19. The molecular weight excluding hydrogens is 244 g/mol. The summed E-state index contributed by atoms with van der Waals surface area (Å²) in [4.78, 5) is 3.61. The molecule has 0 atom stereocenters. The number of ether oxygens (including phenoxy) is 1. The number of hydrogen-bond donors (Lipinski definition) is 0. The van der Waals surface area contributed by atoms with Crippen LogP contribution in [-0.2, 0) is 0 Å². The first-order valence-corrected chi connectivity index (χ1v) is 4.34. The van der Waals surface area contributed by atoms with Gasteiger partial charge in [-0.05, 0) is 22.9 Å². The van der Waals surface area contributed by atoms with E-state index in [9.17, 15) is 8.78 Å². The molecule has 0 bridgehead atoms. The highest BCUT2D eigenvalue weighted by Crippen LogP contribution is 2.32. The zero-order chi connectivity index (χ0) is 10.0. The zero-order valence-electron chi connectivity index (χ0n) is 7.14. The first kappa shape index (κ1) is 10.4. The molecule has 1 aromatic rings. The summed E-state index contributed by atoms with van der Waals surface area (Å²) in [6.45, 7) is 1.55. The molecule has 0 spiro atoms. The van der Waals surface area contributed by atoms with E-state index in [2.05, 4.69) is 20.9 Å². The number of hydrogen-bond acceptors (Lipinski definition) is 2. The van der Waals surface area contributed by atoms with Crippen molar-refractivity contribution in [2.45, 2.75) is 13.3 Å². The molecule has 0 saturated heterocycles. The lowest BCUT2D eigenvalue weighted by Gasteiger charge is -2.10. The number of pyridine rings is 1. The van der Waals surface area contributed by atoms with E-state index in [0.29, 0.717) is 15.8 Å². The smallest absolute Gasteiger partial charge is 0.280 e. The van der Waals surface area contributed by atoms with Gasteiger partial charge in [0.1, 0.15) is 11.4 Å². The summed E-state index contributed by atoms with van der Waals surface area (Å²) in [5.41, 5.74) is 0.131. The van der Waals surface area contributed by atoms with Gasteiger partial charge in [0, 0.05) is 11.8 Å². The number of nitrogens with zero attached hydrogens (tertiary/aromatic N) is 1. The predicted molar refractivity (Wildman–Crippen MR) is 48.2 cm³/mol. The number of rotatable bonds is 2. The number of methoxy groups -OCH3 is 1. The number of halogens is 3. The van der Waals surface area contributed by atoms with Crippen LogP contribution in [0.3, 0.4) is 0 Å². The fourth-order valence-corrected chi connectivity index (χ4v) is 1.61. The summed E-state index contributed by atoms with van der Waals surface area (Å²) < 4.78 is 30.2. The molecule has 0 amide bonds. The number of alkyl halides is 2. The molecule has 13 heavy (non-hydrogen) atoms. The molecule has 2 nitrogen and oxygen atoms in total. The van der Waals surface area contributed by atoms with Crippen molar-refractivity contribution in [3.05, 3.63) is 21.9 Å². The molecule has 0 aliphatic carbocycles. The normalized spacial score (nSPS) is 10.6. The van der Waals surface area contributed by atoms with Crippen molar-refractivity contribution in [1.29, 1.82) is 0 Å². The largest absolute Gasteiger partial charge is 0.495 e. The van der Waals surface area contributed by atoms with Gasteiger partial charge in [-0.15, -0.1) is 0 Å². The molecule has 0 aromatic carbocycles. The van der Waals surface area contributed by atoms with Gasteiger partial charge in [0.25, 0.3) is 6.43 Å². The Balaban J connectivity index is 3.27. The van der Waals surface area contributed by atoms with Crippen LogP contribution in [0.4, 0.5) is 8.78 Å². The van der Waals surface area contributed by atoms with Gasteiger partial charge in [-0.2, -0.15) is 0 Å². The minimum absolute atomic E-state index is 0.236. The lowest BCUT2D eigenvalue weighted by molar-refractivity contribution is 0.144. The molecule has 1 aromatic heterocycles. The van der Waals surface area contributed by atoms with Crippen molar-refractivity contribution in [2.75, 3.05) is 7.11 Å². The van der Waals surface area contributed by atoms with E-state index in [4.69, 9.17) is 4.74 Å². The number of aromatic nitrogens is 1. The first-order valence-electron chi connectivity index (χ1n) is 3.55. The fraction of sp³-hybridized carbons (Fsp3) is 0.375. The lowest BCUT2D eigenvalue weighted by atomic mass is 10.2. The maximum Gasteiger partial charge on any atom is 0.280 e. The van der Waals surface area contributed by atoms with E-state index in [1.54, 1.807) is 6.92 Å². The second kappa shape index (κ2) is 4.00. The molecule has 0 saturated carbocycles. The second-order valence-corrected chi connectivity index (χ2v) is 3.30. The van der Waals surface area contributed by atoms with Gasteiger partial charge < -0.3 is 4.74 Å². The Morgan fingerprint density at radius 1 is 1.54 bits per heavy atom. The highest BCUT2D eigenvalue weighted by molar-refractivity contribution is 9.10. The summed E-state index contributed by atoms with van der Waals surface area (Å²) in [5, 5.41) is 0. The third kappa shape index (κ3) is 1.96. The van der Waals surface area contributed by atoms with Crippen molar-refractivity contribution in [1.82, 2.24) is 4.98 Å². The van der Waals surface area contributed by atoms with E-state index >= 15 is 0 Å². The third-order valence-electron chi connectivity index (χ3n) is 1.67. The molecule has 1 rings (SSSR count). The van der Waals surface area contributed by atoms with E-state index in [0.717, 1.165) is 0 Å². The zero-order valence-corrected chi connectivity index (χ0v) is 8.73.